The summed E-state index contributed by atoms with van der Waals surface area (Å²) in [5, 5.41) is 0. The highest BCUT2D eigenvalue weighted by Crippen LogP contribution is 2.27. The third kappa shape index (κ3) is 4.20. The van der Waals surface area contributed by atoms with E-state index in [2.05, 4.69) is 15.9 Å². The van der Waals surface area contributed by atoms with Crippen LogP contribution in [0.15, 0.2) is 27.6 Å². The standard InChI is InChI=1S/C12H15BrF3NO2S/c1-8(2)17(7-12(14,15)16)20(18,19)10-4-5-11(13)9(3)6-10/h4-6,8H,7H2,1-3H3. The number of nitrogens with zero attached hydrogens (tertiary/aromatic N) is 1. The minimum absolute atomic E-state index is 0.142. The van der Waals surface area contributed by atoms with Crippen LogP contribution < -0.4 is 0 Å². The summed E-state index contributed by atoms with van der Waals surface area (Å²) < 4.78 is 63.4. The van der Waals surface area contributed by atoms with Gasteiger partial charge in [0, 0.05) is 10.5 Å². The first kappa shape index (κ1) is 17.5. The molecule has 0 atom stereocenters. The first-order chi connectivity index (χ1) is 8.95. The van der Waals surface area contributed by atoms with Crippen molar-refractivity contribution in [3.05, 3.63) is 28.2 Å². The van der Waals surface area contributed by atoms with E-state index < -0.39 is 28.8 Å². The van der Waals surface area contributed by atoms with Crippen molar-refractivity contribution in [2.75, 3.05) is 6.54 Å². The molecular weight excluding hydrogens is 359 g/mol. The van der Waals surface area contributed by atoms with E-state index in [0.717, 1.165) is 0 Å². The average Bonchev–Trinajstić information content (AvgIpc) is 2.28. The van der Waals surface area contributed by atoms with Gasteiger partial charge in [0.15, 0.2) is 0 Å². The maximum absolute atomic E-state index is 12.5. The van der Waals surface area contributed by atoms with Crippen molar-refractivity contribution < 1.29 is 21.6 Å². The predicted molar refractivity (Wildman–Crippen MR) is 74.0 cm³/mol. The van der Waals surface area contributed by atoms with Crippen molar-refractivity contribution in [1.29, 1.82) is 0 Å². The van der Waals surface area contributed by atoms with Crippen LogP contribution >= 0.6 is 15.9 Å². The summed E-state index contributed by atoms with van der Waals surface area (Å²) in [5.41, 5.74) is 0.641. The number of benzene rings is 1. The lowest BCUT2D eigenvalue weighted by molar-refractivity contribution is -0.138. The van der Waals surface area contributed by atoms with Gasteiger partial charge in [-0.05, 0) is 44.5 Å². The molecule has 0 radical (unpaired) electrons. The molecule has 0 spiro atoms. The van der Waals surface area contributed by atoms with Crippen LogP contribution in [0.5, 0.6) is 0 Å². The number of aryl methyl sites for hydroxylation is 1. The molecule has 1 rings (SSSR count). The SMILES string of the molecule is Cc1cc(S(=O)(=O)N(CC(F)(F)F)C(C)C)ccc1Br. The van der Waals surface area contributed by atoms with E-state index in [9.17, 15) is 21.6 Å². The Balaban J connectivity index is 3.26. The molecule has 0 aromatic heterocycles. The van der Waals surface area contributed by atoms with Crippen molar-refractivity contribution in [1.82, 2.24) is 4.31 Å². The number of rotatable bonds is 4. The zero-order chi connectivity index (χ0) is 15.7. The number of halogens is 4. The van der Waals surface area contributed by atoms with E-state index in [-0.39, 0.29) is 4.90 Å². The van der Waals surface area contributed by atoms with E-state index in [1.165, 1.54) is 32.0 Å². The highest BCUT2D eigenvalue weighted by atomic mass is 79.9. The minimum atomic E-state index is -4.58. The first-order valence-electron chi connectivity index (χ1n) is 5.80. The molecular formula is C12H15BrF3NO2S. The molecule has 0 amide bonds. The van der Waals surface area contributed by atoms with Gasteiger partial charge in [0.1, 0.15) is 6.54 Å². The Morgan fingerprint density at radius 1 is 1.30 bits per heavy atom. The molecule has 0 bridgehead atoms. The van der Waals surface area contributed by atoms with Crippen LogP contribution in [0, 0.1) is 6.92 Å². The van der Waals surface area contributed by atoms with Gasteiger partial charge >= 0.3 is 6.18 Å². The van der Waals surface area contributed by atoms with Gasteiger partial charge in [0.05, 0.1) is 4.90 Å². The number of alkyl halides is 3. The summed E-state index contributed by atoms with van der Waals surface area (Å²) in [6.07, 6.45) is -4.58. The number of hydrogen-bond donors (Lipinski definition) is 0. The highest BCUT2D eigenvalue weighted by molar-refractivity contribution is 9.10. The summed E-state index contributed by atoms with van der Waals surface area (Å²) in [7, 11) is -4.18. The number of hydrogen-bond acceptors (Lipinski definition) is 2. The van der Waals surface area contributed by atoms with Crippen LogP contribution in [-0.4, -0.2) is 31.5 Å². The molecule has 3 nitrogen and oxygen atoms in total. The zero-order valence-corrected chi connectivity index (χ0v) is 13.6. The summed E-state index contributed by atoms with van der Waals surface area (Å²) in [6, 6.07) is 3.36. The smallest absolute Gasteiger partial charge is 0.207 e. The van der Waals surface area contributed by atoms with Crippen LogP contribution in [0.3, 0.4) is 0 Å². The van der Waals surface area contributed by atoms with Gasteiger partial charge in [-0.25, -0.2) is 8.42 Å². The summed E-state index contributed by atoms with van der Waals surface area (Å²) in [5.74, 6) is 0. The lowest BCUT2D eigenvalue weighted by Crippen LogP contribution is -2.43. The molecule has 114 valence electrons. The van der Waals surface area contributed by atoms with E-state index in [4.69, 9.17) is 0 Å². The largest absolute Gasteiger partial charge is 0.402 e. The Kier molecular flexibility index (Phi) is 5.26. The molecule has 1 aromatic rings. The van der Waals surface area contributed by atoms with Crippen molar-refractivity contribution in [3.63, 3.8) is 0 Å². The Morgan fingerprint density at radius 3 is 2.25 bits per heavy atom. The minimum Gasteiger partial charge on any atom is -0.207 e. The van der Waals surface area contributed by atoms with Gasteiger partial charge in [-0.15, -0.1) is 0 Å². The monoisotopic (exact) mass is 373 g/mol. The average molecular weight is 374 g/mol. The second kappa shape index (κ2) is 6.03. The maximum Gasteiger partial charge on any atom is 0.402 e. The summed E-state index contributed by atoms with van der Waals surface area (Å²) in [4.78, 5) is -0.142. The van der Waals surface area contributed by atoms with E-state index in [1.54, 1.807) is 6.92 Å². The molecule has 1 aromatic carbocycles. The lowest BCUT2D eigenvalue weighted by atomic mass is 10.2. The lowest BCUT2D eigenvalue weighted by Gasteiger charge is -2.27. The molecule has 8 heteroatoms. The zero-order valence-electron chi connectivity index (χ0n) is 11.2. The Hall–Kier alpha value is -0.600. The van der Waals surface area contributed by atoms with E-state index in [0.29, 0.717) is 14.3 Å². The van der Waals surface area contributed by atoms with Crippen molar-refractivity contribution in [2.24, 2.45) is 0 Å². The molecule has 0 aliphatic rings. The van der Waals surface area contributed by atoms with Crippen molar-refractivity contribution in [3.8, 4) is 0 Å². The van der Waals surface area contributed by atoms with E-state index in [1.807, 2.05) is 0 Å². The van der Waals surface area contributed by atoms with Crippen LogP contribution in [0.1, 0.15) is 19.4 Å². The molecule has 0 saturated heterocycles. The quantitative estimate of drug-likeness (QED) is 0.806. The normalized spacial score (nSPS) is 13.2. The predicted octanol–water partition coefficient (Wildman–Crippen LogP) is 3.72. The highest BCUT2D eigenvalue weighted by Gasteiger charge is 2.38. The van der Waals surface area contributed by atoms with Crippen LogP contribution in [0.2, 0.25) is 0 Å². The molecule has 0 heterocycles. The summed E-state index contributed by atoms with van der Waals surface area (Å²) in [6.45, 7) is 3.00. The second-order valence-corrected chi connectivity index (χ2v) is 7.42. The second-order valence-electron chi connectivity index (χ2n) is 4.67. The molecule has 0 fully saturated rings. The third-order valence-electron chi connectivity index (χ3n) is 2.65. The van der Waals surface area contributed by atoms with Crippen molar-refractivity contribution >= 4 is 26.0 Å². The molecule has 0 N–H and O–H groups in total. The van der Waals surface area contributed by atoms with Crippen LogP contribution in [-0.2, 0) is 10.0 Å². The third-order valence-corrected chi connectivity index (χ3v) is 5.55. The van der Waals surface area contributed by atoms with Gasteiger partial charge in [0.25, 0.3) is 0 Å². The fraction of sp³-hybridized carbons (Fsp3) is 0.500. The molecule has 0 aliphatic carbocycles. The maximum atomic E-state index is 12.5. The number of sulfonamides is 1. The molecule has 0 unspecified atom stereocenters. The Bertz CT molecular complexity index is 585. The fourth-order valence-corrected chi connectivity index (χ4v) is 3.59. The van der Waals surface area contributed by atoms with Gasteiger partial charge in [-0.1, -0.05) is 15.9 Å². The van der Waals surface area contributed by atoms with Crippen LogP contribution in [0.4, 0.5) is 13.2 Å². The topological polar surface area (TPSA) is 37.4 Å². The fourth-order valence-electron chi connectivity index (χ4n) is 1.63. The Morgan fingerprint density at radius 2 is 1.85 bits per heavy atom. The van der Waals surface area contributed by atoms with Gasteiger partial charge in [-0.3, -0.25) is 0 Å². The van der Waals surface area contributed by atoms with Gasteiger partial charge in [0.2, 0.25) is 10.0 Å². The van der Waals surface area contributed by atoms with Crippen molar-refractivity contribution in [2.45, 2.75) is 37.9 Å². The molecule has 0 aliphatic heterocycles. The summed E-state index contributed by atoms with van der Waals surface area (Å²) >= 11 is 3.22. The molecule has 0 saturated carbocycles. The van der Waals surface area contributed by atoms with Crippen LogP contribution in [0.25, 0.3) is 0 Å². The van der Waals surface area contributed by atoms with Gasteiger partial charge in [-0.2, -0.15) is 17.5 Å². The molecule has 20 heavy (non-hydrogen) atoms. The van der Waals surface area contributed by atoms with Gasteiger partial charge < -0.3 is 0 Å². The Labute approximate surface area is 125 Å². The first-order valence-corrected chi connectivity index (χ1v) is 8.03. The van der Waals surface area contributed by atoms with E-state index >= 15 is 0 Å².